The zero-order chi connectivity index (χ0) is 16.1. The van der Waals surface area contributed by atoms with E-state index in [4.69, 9.17) is 11.6 Å². The van der Waals surface area contributed by atoms with Gasteiger partial charge in [-0.1, -0.05) is 48.0 Å². The molecule has 1 heterocycles. The Morgan fingerprint density at radius 1 is 1.26 bits per heavy atom. The normalized spacial score (nSPS) is 20.2. The van der Waals surface area contributed by atoms with Gasteiger partial charge in [-0.2, -0.15) is 0 Å². The third-order valence-corrected chi connectivity index (χ3v) is 4.28. The number of halogens is 1. The molecule has 2 atom stereocenters. The molecule has 2 N–H and O–H groups in total. The summed E-state index contributed by atoms with van der Waals surface area (Å²) in [7, 11) is 1.80. The van der Waals surface area contributed by atoms with Crippen molar-refractivity contribution in [1.82, 2.24) is 15.6 Å². The van der Waals surface area contributed by atoms with E-state index in [0.29, 0.717) is 17.1 Å². The lowest BCUT2D eigenvalue weighted by Crippen LogP contribution is -2.39. The SMILES string of the molecule is CN=C(NCCc1ccc(Cl)nc1)NC1CC1c1ccccc1. The highest BCUT2D eigenvalue weighted by atomic mass is 35.5. The molecule has 0 amide bonds. The topological polar surface area (TPSA) is 49.3 Å². The van der Waals surface area contributed by atoms with Crippen molar-refractivity contribution in [3.63, 3.8) is 0 Å². The zero-order valence-electron chi connectivity index (χ0n) is 13.2. The van der Waals surface area contributed by atoms with Gasteiger partial charge >= 0.3 is 0 Å². The summed E-state index contributed by atoms with van der Waals surface area (Å²) in [6, 6.07) is 14.9. The van der Waals surface area contributed by atoms with Crippen LogP contribution < -0.4 is 10.6 Å². The lowest BCUT2D eigenvalue weighted by Gasteiger charge is -2.12. The average molecular weight is 329 g/mol. The fourth-order valence-corrected chi connectivity index (χ4v) is 2.78. The molecule has 1 aliphatic rings. The van der Waals surface area contributed by atoms with Gasteiger partial charge in [0.2, 0.25) is 0 Å². The average Bonchev–Trinajstić information content (AvgIpc) is 3.36. The molecule has 2 unspecified atom stereocenters. The van der Waals surface area contributed by atoms with Crippen LogP contribution in [0.2, 0.25) is 5.15 Å². The van der Waals surface area contributed by atoms with Gasteiger partial charge in [-0.15, -0.1) is 0 Å². The number of benzene rings is 1. The molecule has 1 saturated carbocycles. The summed E-state index contributed by atoms with van der Waals surface area (Å²) in [6.07, 6.45) is 3.86. The maximum Gasteiger partial charge on any atom is 0.191 e. The van der Waals surface area contributed by atoms with Crippen LogP contribution in [0.3, 0.4) is 0 Å². The smallest absolute Gasteiger partial charge is 0.191 e. The maximum absolute atomic E-state index is 5.79. The molecular weight excluding hydrogens is 308 g/mol. The highest BCUT2D eigenvalue weighted by Gasteiger charge is 2.38. The Labute approximate surface area is 142 Å². The van der Waals surface area contributed by atoms with E-state index in [0.717, 1.165) is 30.9 Å². The predicted octanol–water partition coefficient (Wildman–Crippen LogP) is 3.00. The first-order valence-electron chi connectivity index (χ1n) is 7.89. The number of hydrogen-bond donors (Lipinski definition) is 2. The molecule has 120 valence electrons. The van der Waals surface area contributed by atoms with Crippen LogP contribution in [0.1, 0.15) is 23.5 Å². The number of pyridine rings is 1. The molecule has 2 aromatic rings. The molecule has 0 aliphatic heterocycles. The largest absolute Gasteiger partial charge is 0.356 e. The van der Waals surface area contributed by atoms with Crippen molar-refractivity contribution in [2.24, 2.45) is 4.99 Å². The summed E-state index contributed by atoms with van der Waals surface area (Å²) in [4.78, 5) is 8.39. The summed E-state index contributed by atoms with van der Waals surface area (Å²) in [5.41, 5.74) is 2.55. The number of nitrogens with one attached hydrogen (secondary N) is 2. The Morgan fingerprint density at radius 3 is 2.78 bits per heavy atom. The molecule has 0 spiro atoms. The molecule has 0 saturated heterocycles. The molecular formula is C18H21ClN4. The van der Waals surface area contributed by atoms with E-state index in [2.05, 4.69) is 50.9 Å². The molecule has 0 bridgehead atoms. The number of aromatic nitrogens is 1. The second-order valence-electron chi connectivity index (χ2n) is 5.74. The quantitative estimate of drug-likeness (QED) is 0.504. The molecule has 3 rings (SSSR count). The highest BCUT2D eigenvalue weighted by Crippen LogP contribution is 2.40. The van der Waals surface area contributed by atoms with Crippen molar-refractivity contribution in [1.29, 1.82) is 0 Å². The van der Waals surface area contributed by atoms with E-state index >= 15 is 0 Å². The van der Waals surface area contributed by atoms with Crippen molar-refractivity contribution in [3.8, 4) is 0 Å². The summed E-state index contributed by atoms with van der Waals surface area (Å²) in [6.45, 7) is 0.811. The summed E-state index contributed by atoms with van der Waals surface area (Å²) in [5, 5.41) is 7.37. The van der Waals surface area contributed by atoms with Gasteiger partial charge in [-0.25, -0.2) is 4.98 Å². The van der Waals surface area contributed by atoms with Gasteiger partial charge in [0.05, 0.1) is 0 Å². The Morgan fingerprint density at radius 2 is 2.09 bits per heavy atom. The number of rotatable bonds is 5. The van der Waals surface area contributed by atoms with Crippen LogP contribution >= 0.6 is 11.6 Å². The first kappa shape index (κ1) is 15.8. The number of aliphatic imine (C=N–C) groups is 1. The number of hydrogen-bond acceptors (Lipinski definition) is 2. The van der Waals surface area contributed by atoms with E-state index < -0.39 is 0 Å². The zero-order valence-corrected chi connectivity index (χ0v) is 13.9. The van der Waals surface area contributed by atoms with Crippen LogP contribution in [0.25, 0.3) is 0 Å². The minimum Gasteiger partial charge on any atom is -0.356 e. The minimum absolute atomic E-state index is 0.473. The number of nitrogens with zero attached hydrogens (tertiary/aromatic N) is 2. The Kier molecular flexibility index (Phi) is 5.13. The third-order valence-electron chi connectivity index (χ3n) is 4.06. The molecule has 1 aliphatic carbocycles. The fourth-order valence-electron chi connectivity index (χ4n) is 2.67. The van der Waals surface area contributed by atoms with Crippen molar-refractivity contribution in [2.45, 2.75) is 24.8 Å². The van der Waals surface area contributed by atoms with Crippen LogP contribution in [-0.4, -0.2) is 30.6 Å². The van der Waals surface area contributed by atoms with E-state index in [-0.39, 0.29) is 0 Å². The predicted molar refractivity (Wildman–Crippen MR) is 95.0 cm³/mol. The van der Waals surface area contributed by atoms with Gasteiger partial charge in [-0.05, 0) is 30.0 Å². The van der Waals surface area contributed by atoms with Gasteiger partial charge in [0.25, 0.3) is 0 Å². The Balaban J connectivity index is 1.43. The van der Waals surface area contributed by atoms with E-state index in [1.54, 1.807) is 7.05 Å². The standard InChI is InChI=1S/C18H21ClN4/c1-20-18(21-10-9-13-7-8-17(19)22-12-13)23-16-11-15(16)14-5-3-2-4-6-14/h2-8,12,15-16H,9-11H2,1H3,(H2,20,21,23). The molecule has 23 heavy (non-hydrogen) atoms. The van der Waals surface area contributed by atoms with E-state index in [1.807, 2.05) is 18.3 Å². The van der Waals surface area contributed by atoms with Crippen LogP contribution in [-0.2, 0) is 6.42 Å². The van der Waals surface area contributed by atoms with Gasteiger partial charge in [0.1, 0.15) is 5.15 Å². The monoisotopic (exact) mass is 328 g/mol. The third kappa shape index (κ3) is 4.45. The van der Waals surface area contributed by atoms with Crippen LogP contribution in [0.5, 0.6) is 0 Å². The fraction of sp³-hybridized carbons (Fsp3) is 0.333. The first-order valence-corrected chi connectivity index (χ1v) is 8.26. The Bertz CT molecular complexity index is 654. The van der Waals surface area contributed by atoms with Crippen LogP contribution in [0, 0.1) is 0 Å². The summed E-state index contributed by atoms with van der Waals surface area (Å²) < 4.78 is 0. The maximum atomic E-state index is 5.79. The van der Waals surface area contributed by atoms with Crippen molar-refractivity contribution in [2.75, 3.05) is 13.6 Å². The second-order valence-corrected chi connectivity index (χ2v) is 6.13. The number of guanidine groups is 1. The van der Waals surface area contributed by atoms with Crippen LogP contribution in [0.4, 0.5) is 0 Å². The lowest BCUT2D eigenvalue weighted by atomic mass is 10.1. The van der Waals surface area contributed by atoms with Crippen molar-refractivity contribution >= 4 is 17.6 Å². The van der Waals surface area contributed by atoms with Gasteiger partial charge < -0.3 is 10.6 Å². The first-order chi connectivity index (χ1) is 11.3. The molecule has 0 radical (unpaired) electrons. The highest BCUT2D eigenvalue weighted by molar-refractivity contribution is 6.29. The minimum atomic E-state index is 0.473. The molecule has 4 nitrogen and oxygen atoms in total. The van der Waals surface area contributed by atoms with E-state index in [1.165, 1.54) is 5.56 Å². The van der Waals surface area contributed by atoms with Gasteiger partial charge in [0, 0.05) is 31.7 Å². The van der Waals surface area contributed by atoms with Crippen molar-refractivity contribution < 1.29 is 0 Å². The summed E-state index contributed by atoms with van der Waals surface area (Å²) in [5.74, 6) is 1.45. The van der Waals surface area contributed by atoms with Gasteiger partial charge in [-0.3, -0.25) is 4.99 Å². The molecule has 1 aromatic carbocycles. The second kappa shape index (κ2) is 7.47. The van der Waals surface area contributed by atoms with Crippen molar-refractivity contribution in [3.05, 3.63) is 64.9 Å². The summed E-state index contributed by atoms with van der Waals surface area (Å²) >= 11 is 5.79. The van der Waals surface area contributed by atoms with Crippen LogP contribution in [0.15, 0.2) is 53.7 Å². The Hall–Kier alpha value is -2.07. The molecule has 1 fully saturated rings. The van der Waals surface area contributed by atoms with E-state index in [9.17, 15) is 0 Å². The molecule has 1 aromatic heterocycles. The molecule has 5 heteroatoms. The van der Waals surface area contributed by atoms with Gasteiger partial charge in [0.15, 0.2) is 5.96 Å². The lowest BCUT2D eigenvalue weighted by molar-refractivity contribution is 0.778.